The Hall–Kier alpha value is -3.84. The van der Waals surface area contributed by atoms with Crippen molar-refractivity contribution in [1.82, 2.24) is 9.97 Å². The van der Waals surface area contributed by atoms with Crippen LogP contribution in [0.4, 0.5) is 9.52 Å². The van der Waals surface area contributed by atoms with Crippen LogP contribution in [0.15, 0.2) is 79.1 Å². The molecule has 5 rings (SSSR count). The highest BCUT2D eigenvalue weighted by molar-refractivity contribution is 7.22. The van der Waals surface area contributed by atoms with Gasteiger partial charge in [-0.05, 0) is 46.7 Å². The molecule has 0 bridgehead atoms. The summed E-state index contributed by atoms with van der Waals surface area (Å²) in [7, 11) is 1.54. The van der Waals surface area contributed by atoms with E-state index in [1.165, 1.54) is 17.4 Å². The second-order valence-corrected chi connectivity index (χ2v) is 8.24. The molecule has 7 heteroatoms. The van der Waals surface area contributed by atoms with E-state index in [0.29, 0.717) is 21.1 Å². The van der Waals surface area contributed by atoms with Crippen LogP contribution in [-0.2, 0) is 6.54 Å². The smallest absolute Gasteiger partial charge is 0.264 e. The largest absolute Gasteiger partial charge is 0.496 e. The lowest BCUT2D eigenvalue weighted by Gasteiger charge is -2.21. The second kappa shape index (κ2) is 8.36. The molecule has 0 N–H and O–H groups in total. The van der Waals surface area contributed by atoms with Crippen molar-refractivity contribution in [3.8, 4) is 5.75 Å². The SMILES string of the molecule is COc1cc2ccccc2cc1C(=O)N(Cc1cccnc1)c1nc2c(F)cccc2s1. The number of methoxy groups -OCH3 is 1. The molecule has 1 amide bonds. The number of pyridine rings is 1. The molecule has 0 aliphatic rings. The molecular formula is C25H18FN3O2S. The summed E-state index contributed by atoms with van der Waals surface area (Å²) >= 11 is 1.27. The average Bonchev–Trinajstić information content (AvgIpc) is 3.27. The third-order valence-electron chi connectivity index (χ3n) is 5.20. The number of thiazole rings is 1. The third-order valence-corrected chi connectivity index (χ3v) is 6.24. The molecule has 3 aromatic carbocycles. The Morgan fingerprint density at radius 2 is 1.88 bits per heavy atom. The van der Waals surface area contributed by atoms with Gasteiger partial charge in [0.25, 0.3) is 5.91 Å². The molecular weight excluding hydrogens is 425 g/mol. The van der Waals surface area contributed by atoms with Crippen molar-refractivity contribution >= 4 is 43.4 Å². The van der Waals surface area contributed by atoms with Crippen molar-refractivity contribution in [1.29, 1.82) is 0 Å². The van der Waals surface area contributed by atoms with Crippen LogP contribution in [0.1, 0.15) is 15.9 Å². The predicted octanol–water partition coefficient (Wildman–Crippen LogP) is 5.84. The normalized spacial score (nSPS) is 11.1. The van der Waals surface area contributed by atoms with E-state index >= 15 is 0 Å². The zero-order valence-electron chi connectivity index (χ0n) is 17.2. The lowest BCUT2D eigenvalue weighted by atomic mass is 10.0. The second-order valence-electron chi connectivity index (χ2n) is 7.24. The first-order valence-corrected chi connectivity index (χ1v) is 10.8. The Morgan fingerprint density at radius 1 is 1.06 bits per heavy atom. The molecule has 0 unspecified atom stereocenters. The number of amides is 1. The van der Waals surface area contributed by atoms with Crippen molar-refractivity contribution in [2.45, 2.75) is 6.54 Å². The van der Waals surface area contributed by atoms with Crippen LogP contribution in [-0.4, -0.2) is 23.0 Å². The molecule has 0 saturated heterocycles. The maximum absolute atomic E-state index is 14.3. The van der Waals surface area contributed by atoms with E-state index in [4.69, 9.17) is 4.74 Å². The first kappa shape index (κ1) is 20.1. The summed E-state index contributed by atoms with van der Waals surface area (Å²) in [6.45, 7) is 0.240. The van der Waals surface area contributed by atoms with Gasteiger partial charge in [0.1, 0.15) is 17.1 Å². The zero-order valence-corrected chi connectivity index (χ0v) is 18.0. The summed E-state index contributed by atoms with van der Waals surface area (Å²) in [5, 5.41) is 2.31. The highest BCUT2D eigenvalue weighted by atomic mass is 32.1. The molecule has 0 radical (unpaired) electrons. The maximum atomic E-state index is 14.3. The topological polar surface area (TPSA) is 55.3 Å². The predicted molar refractivity (Wildman–Crippen MR) is 125 cm³/mol. The number of hydrogen-bond donors (Lipinski definition) is 0. The molecule has 0 saturated carbocycles. The monoisotopic (exact) mass is 443 g/mol. The highest BCUT2D eigenvalue weighted by Gasteiger charge is 2.25. The van der Waals surface area contributed by atoms with Crippen LogP contribution < -0.4 is 9.64 Å². The minimum Gasteiger partial charge on any atom is -0.496 e. The van der Waals surface area contributed by atoms with Crippen LogP contribution in [0.2, 0.25) is 0 Å². The number of carbonyl (C=O) groups is 1. The van der Waals surface area contributed by atoms with Gasteiger partial charge in [-0.2, -0.15) is 0 Å². The molecule has 5 nitrogen and oxygen atoms in total. The number of para-hydroxylation sites is 1. The van der Waals surface area contributed by atoms with Gasteiger partial charge in [-0.3, -0.25) is 14.7 Å². The zero-order chi connectivity index (χ0) is 22.1. The molecule has 2 heterocycles. The van der Waals surface area contributed by atoms with Gasteiger partial charge in [0.15, 0.2) is 5.13 Å². The molecule has 0 aliphatic heterocycles. The van der Waals surface area contributed by atoms with Gasteiger partial charge in [0.05, 0.1) is 23.9 Å². The Kier molecular flexibility index (Phi) is 5.25. The summed E-state index contributed by atoms with van der Waals surface area (Å²) < 4.78 is 20.5. The van der Waals surface area contributed by atoms with Crippen molar-refractivity contribution in [3.05, 3.63) is 96.1 Å². The standard InChI is InChI=1S/C25H18FN3O2S/c1-31-21-13-18-8-3-2-7-17(18)12-19(21)24(30)29(15-16-6-5-11-27-14-16)25-28-23-20(26)9-4-10-22(23)32-25/h2-14H,15H2,1H3. The number of nitrogens with zero attached hydrogens (tertiary/aromatic N) is 3. The Bertz CT molecular complexity index is 1440. The third kappa shape index (κ3) is 3.67. The number of rotatable bonds is 5. The lowest BCUT2D eigenvalue weighted by Crippen LogP contribution is -2.30. The van der Waals surface area contributed by atoms with Crippen LogP contribution >= 0.6 is 11.3 Å². The first-order chi connectivity index (χ1) is 15.6. The number of halogens is 1. The van der Waals surface area contributed by atoms with Crippen LogP contribution in [0, 0.1) is 5.82 Å². The minimum absolute atomic E-state index is 0.240. The van der Waals surface area contributed by atoms with E-state index in [0.717, 1.165) is 16.3 Å². The summed E-state index contributed by atoms with van der Waals surface area (Å²) in [4.78, 5) is 24.0. The highest BCUT2D eigenvalue weighted by Crippen LogP contribution is 2.34. The van der Waals surface area contributed by atoms with E-state index < -0.39 is 5.82 Å². The Labute approximate surface area is 187 Å². The summed E-state index contributed by atoms with van der Waals surface area (Å²) in [6, 6.07) is 19.9. The number of carbonyl (C=O) groups excluding carboxylic acids is 1. The lowest BCUT2D eigenvalue weighted by molar-refractivity contribution is 0.0982. The molecule has 2 aromatic heterocycles. The number of fused-ring (bicyclic) bond motifs is 2. The molecule has 0 aliphatic carbocycles. The van der Waals surface area contributed by atoms with Crippen LogP contribution in [0.25, 0.3) is 21.0 Å². The summed E-state index contributed by atoms with van der Waals surface area (Å²) in [6.07, 6.45) is 3.38. The van der Waals surface area contributed by atoms with Crippen molar-refractivity contribution < 1.29 is 13.9 Å². The van der Waals surface area contributed by atoms with Gasteiger partial charge in [0.2, 0.25) is 0 Å². The Balaban J connectivity index is 1.65. The first-order valence-electron chi connectivity index (χ1n) is 9.96. The van der Waals surface area contributed by atoms with E-state index in [1.54, 1.807) is 36.5 Å². The molecule has 0 fully saturated rings. The fourth-order valence-electron chi connectivity index (χ4n) is 3.62. The molecule has 0 atom stereocenters. The van der Waals surface area contributed by atoms with E-state index in [-0.39, 0.29) is 18.0 Å². The van der Waals surface area contributed by atoms with E-state index in [2.05, 4.69) is 9.97 Å². The fraction of sp³-hybridized carbons (Fsp3) is 0.0800. The minimum atomic E-state index is -0.415. The number of benzene rings is 3. The van der Waals surface area contributed by atoms with Gasteiger partial charge < -0.3 is 4.74 Å². The summed E-state index contributed by atoms with van der Waals surface area (Å²) in [5.41, 5.74) is 1.50. The maximum Gasteiger partial charge on any atom is 0.264 e. The number of ether oxygens (including phenoxy) is 1. The molecule has 158 valence electrons. The van der Waals surface area contributed by atoms with Crippen molar-refractivity contribution in [2.24, 2.45) is 0 Å². The van der Waals surface area contributed by atoms with Crippen LogP contribution in [0.3, 0.4) is 0 Å². The van der Waals surface area contributed by atoms with Gasteiger partial charge in [-0.1, -0.05) is 47.7 Å². The van der Waals surface area contributed by atoms with Crippen molar-refractivity contribution in [3.63, 3.8) is 0 Å². The van der Waals surface area contributed by atoms with Gasteiger partial charge >= 0.3 is 0 Å². The van der Waals surface area contributed by atoms with E-state index in [9.17, 15) is 9.18 Å². The van der Waals surface area contributed by atoms with Gasteiger partial charge in [-0.25, -0.2) is 9.37 Å². The fourth-order valence-corrected chi connectivity index (χ4v) is 4.60. The number of hydrogen-bond acceptors (Lipinski definition) is 5. The van der Waals surface area contributed by atoms with Gasteiger partial charge in [0, 0.05) is 12.4 Å². The number of anilines is 1. The average molecular weight is 444 g/mol. The molecule has 5 aromatic rings. The quantitative estimate of drug-likeness (QED) is 0.342. The van der Waals surface area contributed by atoms with Gasteiger partial charge in [-0.15, -0.1) is 0 Å². The molecule has 32 heavy (non-hydrogen) atoms. The van der Waals surface area contributed by atoms with Crippen LogP contribution in [0.5, 0.6) is 5.75 Å². The molecule has 0 spiro atoms. The van der Waals surface area contributed by atoms with Crippen molar-refractivity contribution in [2.75, 3.05) is 12.0 Å². The van der Waals surface area contributed by atoms with E-state index in [1.807, 2.05) is 48.5 Å². The Morgan fingerprint density at radius 3 is 2.59 bits per heavy atom. The number of aromatic nitrogens is 2. The summed E-state index contributed by atoms with van der Waals surface area (Å²) in [5.74, 6) is -0.227.